The number of carbonyl (C=O) groups is 2. The number of anilines is 1. The van der Waals surface area contributed by atoms with Gasteiger partial charge in [-0.25, -0.2) is 19.2 Å². The predicted octanol–water partition coefficient (Wildman–Crippen LogP) is 4.85. The molecule has 0 radical (unpaired) electrons. The number of halogens is 1. The van der Waals surface area contributed by atoms with Crippen LogP contribution in [0.2, 0.25) is 0 Å². The number of amides is 1. The van der Waals surface area contributed by atoms with Crippen LogP contribution in [0.5, 0.6) is 5.88 Å². The van der Waals surface area contributed by atoms with Gasteiger partial charge in [-0.2, -0.15) is 5.26 Å². The fraction of sp³-hybridized carbons (Fsp3) is 0.364. The highest BCUT2D eigenvalue weighted by atomic mass is 19.1. The number of benzene rings is 2. The lowest BCUT2D eigenvalue weighted by atomic mass is 9.93. The Bertz CT molecular complexity index is 1790. The molecule has 0 aliphatic carbocycles. The number of ether oxygens (including phenoxy) is 2. The number of carbonyl (C=O) groups excluding carboxylic acids is 1. The van der Waals surface area contributed by atoms with Crippen LogP contribution in [0.1, 0.15) is 65.1 Å². The van der Waals surface area contributed by atoms with Crippen molar-refractivity contribution in [1.29, 1.82) is 5.26 Å². The maximum Gasteiger partial charge on any atom is 0.335 e. The van der Waals surface area contributed by atoms with Gasteiger partial charge in [-0.05, 0) is 68.8 Å². The second-order valence-electron chi connectivity index (χ2n) is 11.5. The van der Waals surface area contributed by atoms with Gasteiger partial charge in [-0.1, -0.05) is 6.07 Å². The van der Waals surface area contributed by atoms with E-state index in [9.17, 15) is 19.1 Å². The quantitative estimate of drug-likeness (QED) is 0.257. The minimum Gasteiger partial charge on any atom is -0.478 e. The highest BCUT2D eigenvalue weighted by Gasteiger charge is 2.27. The summed E-state index contributed by atoms with van der Waals surface area (Å²) in [7, 11) is 0. The van der Waals surface area contributed by atoms with E-state index in [0.29, 0.717) is 53.4 Å². The molecule has 1 atom stereocenters. The number of nitrogens with one attached hydrogen (secondary N) is 1. The molecule has 2 fully saturated rings. The molecule has 45 heavy (non-hydrogen) atoms. The first-order valence-electron chi connectivity index (χ1n) is 14.9. The fourth-order valence-corrected chi connectivity index (χ4v) is 5.87. The summed E-state index contributed by atoms with van der Waals surface area (Å²) in [4.78, 5) is 35.8. The minimum absolute atomic E-state index is 0.0249. The van der Waals surface area contributed by atoms with Crippen molar-refractivity contribution in [2.75, 3.05) is 25.0 Å². The van der Waals surface area contributed by atoms with Crippen molar-refractivity contribution in [2.24, 2.45) is 0 Å². The molecule has 2 aliphatic heterocycles. The van der Waals surface area contributed by atoms with E-state index in [-0.39, 0.29) is 30.1 Å². The number of nitrogens with zero attached hydrogens (tertiary/aromatic N) is 5. The second-order valence-corrected chi connectivity index (χ2v) is 11.5. The lowest BCUT2D eigenvalue weighted by Crippen LogP contribution is -2.35. The normalized spacial score (nSPS) is 17.0. The molecule has 0 bridgehead atoms. The molecule has 2 saturated heterocycles. The third-order valence-electron chi connectivity index (χ3n) is 8.34. The number of carboxylic acid groups (broad SMARTS) is 1. The zero-order valence-corrected chi connectivity index (χ0v) is 24.8. The molecule has 0 unspecified atom stereocenters. The summed E-state index contributed by atoms with van der Waals surface area (Å²) < 4.78 is 27.7. The van der Waals surface area contributed by atoms with Gasteiger partial charge < -0.3 is 24.5 Å². The van der Waals surface area contributed by atoms with Crippen molar-refractivity contribution in [3.05, 3.63) is 82.6 Å². The van der Waals surface area contributed by atoms with E-state index in [1.54, 1.807) is 12.1 Å². The smallest absolute Gasteiger partial charge is 0.335 e. The van der Waals surface area contributed by atoms with Crippen molar-refractivity contribution in [3.63, 3.8) is 0 Å². The van der Waals surface area contributed by atoms with Gasteiger partial charge in [0.15, 0.2) is 0 Å². The Morgan fingerprint density at radius 2 is 1.96 bits per heavy atom. The van der Waals surface area contributed by atoms with E-state index in [2.05, 4.69) is 10.2 Å². The predicted molar refractivity (Wildman–Crippen MR) is 162 cm³/mol. The van der Waals surface area contributed by atoms with Gasteiger partial charge in [0.2, 0.25) is 11.8 Å². The Kier molecular flexibility index (Phi) is 8.73. The van der Waals surface area contributed by atoms with Crippen LogP contribution in [-0.4, -0.2) is 62.2 Å². The van der Waals surface area contributed by atoms with Gasteiger partial charge >= 0.3 is 5.97 Å². The number of fused-ring (bicyclic) bond motifs is 1. The molecule has 1 amide bonds. The summed E-state index contributed by atoms with van der Waals surface area (Å²) in [6.45, 7) is 4.75. The topological polar surface area (TPSA) is 143 Å². The summed E-state index contributed by atoms with van der Waals surface area (Å²) in [6, 6.07) is 14.9. The number of nitriles is 1. The molecule has 4 heterocycles. The summed E-state index contributed by atoms with van der Waals surface area (Å²) in [6.07, 6.45) is 2.67. The van der Waals surface area contributed by atoms with Crippen LogP contribution >= 0.6 is 0 Å². The van der Waals surface area contributed by atoms with Gasteiger partial charge in [0.25, 0.3) is 0 Å². The van der Waals surface area contributed by atoms with E-state index in [1.807, 2.05) is 22.8 Å². The first-order valence-corrected chi connectivity index (χ1v) is 14.9. The molecule has 2 aromatic carbocycles. The number of pyridine rings is 1. The molecule has 11 nitrogen and oxygen atoms in total. The van der Waals surface area contributed by atoms with Crippen LogP contribution in [0, 0.1) is 17.1 Å². The third-order valence-corrected chi connectivity index (χ3v) is 8.34. The first-order chi connectivity index (χ1) is 21.8. The number of hydrogen-bond acceptors (Lipinski definition) is 8. The molecule has 12 heteroatoms. The Morgan fingerprint density at radius 1 is 1.16 bits per heavy atom. The van der Waals surface area contributed by atoms with E-state index in [1.165, 1.54) is 31.2 Å². The number of likely N-dealkylation sites (tertiary alicyclic amines) is 1. The molecule has 4 aromatic rings. The highest BCUT2D eigenvalue weighted by molar-refractivity contribution is 6.03. The van der Waals surface area contributed by atoms with Crippen molar-refractivity contribution in [2.45, 2.75) is 57.9 Å². The zero-order valence-electron chi connectivity index (χ0n) is 24.8. The number of imidazole rings is 1. The van der Waals surface area contributed by atoms with Crippen LogP contribution in [0.25, 0.3) is 11.0 Å². The van der Waals surface area contributed by atoms with Crippen molar-refractivity contribution < 1.29 is 28.6 Å². The van der Waals surface area contributed by atoms with Crippen molar-refractivity contribution >= 4 is 28.6 Å². The number of piperidine rings is 1. The summed E-state index contributed by atoms with van der Waals surface area (Å²) in [5.41, 5.74) is 3.24. The van der Waals surface area contributed by atoms with E-state index < -0.39 is 11.8 Å². The molecule has 2 N–H and O–H groups in total. The number of aromatic nitrogens is 3. The number of rotatable bonds is 10. The average Bonchev–Trinajstić information content (AvgIpc) is 3.35. The molecular formula is C33H33FN6O5. The second kappa shape index (κ2) is 13.0. The van der Waals surface area contributed by atoms with E-state index >= 15 is 0 Å². The van der Waals surface area contributed by atoms with Gasteiger partial charge in [-0.3, -0.25) is 9.69 Å². The van der Waals surface area contributed by atoms with E-state index in [0.717, 1.165) is 43.9 Å². The highest BCUT2D eigenvalue weighted by Crippen LogP contribution is 2.32. The number of aromatic carboxylic acids is 1. The van der Waals surface area contributed by atoms with E-state index in [4.69, 9.17) is 24.7 Å². The fourth-order valence-electron chi connectivity index (χ4n) is 5.87. The number of hydrogen-bond donors (Lipinski definition) is 2. The Balaban J connectivity index is 1.16. The third kappa shape index (κ3) is 6.79. The summed E-state index contributed by atoms with van der Waals surface area (Å²) >= 11 is 0. The van der Waals surface area contributed by atoms with Crippen LogP contribution in [0.4, 0.5) is 10.1 Å². The van der Waals surface area contributed by atoms with Crippen molar-refractivity contribution in [1.82, 2.24) is 19.4 Å². The molecule has 0 saturated carbocycles. The Morgan fingerprint density at radius 3 is 2.64 bits per heavy atom. The average molecular weight is 613 g/mol. The Labute approximate surface area is 259 Å². The van der Waals surface area contributed by atoms with Crippen LogP contribution in [-0.2, 0) is 29.2 Å². The van der Waals surface area contributed by atoms with Gasteiger partial charge in [-0.15, -0.1) is 0 Å². The molecule has 232 valence electrons. The molecule has 0 spiro atoms. The number of carboxylic acids is 1. The maximum atomic E-state index is 14.2. The summed E-state index contributed by atoms with van der Waals surface area (Å²) in [5, 5.41) is 21.6. The largest absolute Gasteiger partial charge is 0.478 e. The maximum absolute atomic E-state index is 14.2. The molecule has 6 rings (SSSR count). The first kappa shape index (κ1) is 30.2. The van der Waals surface area contributed by atoms with Crippen LogP contribution in [0.15, 0.2) is 48.5 Å². The lowest BCUT2D eigenvalue weighted by molar-refractivity contribution is -0.114. The summed E-state index contributed by atoms with van der Waals surface area (Å²) in [5.74, 6) is -0.408. The van der Waals surface area contributed by atoms with Gasteiger partial charge in [0.1, 0.15) is 23.8 Å². The molecular weight excluding hydrogens is 579 g/mol. The van der Waals surface area contributed by atoms with Crippen molar-refractivity contribution in [3.8, 4) is 11.9 Å². The zero-order chi connectivity index (χ0) is 31.5. The van der Waals surface area contributed by atoms with Crippen LogP contribution in [0.3, 0.4) is 0 Å². The lowest BCUT2D eigenvalue weighted by Gasteiger charge is -2.32. The molecule has 2 aliphatic rings. The van der Waals surface area contributed by atoms with Gasteiger partial charge in [0, 0.05) is 36.8 Å². The van der Waals surface area contributed by atoms with Crippen LogP contribution < -0.4 is 10.1 Å². The van der Waals surface area contributed by atoms with Gasteiger partial charge in [0.05, 0.1) is 47.6 Å². The standard InChI is InChI=1S/C33H33FN6O5/c1-20(41)36-28-14-23(33(42)43)15-29-32(28)38-30(40(29)17-25-9-12-44-25)18-39-10-7-22(8-11-39)27-3-2-4-31(37-27)45-19-24-13-21(16-35)5-6-26(24)34/h2-6,13-15,22,25H,7-12,17-19H2,1H3,(H,36,41)(H,42,43)/t25-/m0/s1. The molecule has 2 aromatic heterocycles. The monoisotopic (exact) mass is 612 g/mol. The SMILES string of the molecule is CC(=O)Nc1cc(C(=O)O)cc2c1nc(CN1CCC(c3cccc(OCc4cc(C#N)ccc4F)n3)CC1)n2C[C@@H]1CCO1. The Hall–Kier alpha value is -4.86. The minimum atomic E-state index is -1.08.